The number of carbonyl (C=O) groups excluding carboxylic acids is 3. The van der Waals surface area contributed by atoms with Crippen molar-refractivity contribution in [3.05, 3.63) is 83.3 Å². The molecule has 0 saturated carbocycles. The molecule has 1 aliphatic rings. The van der Waals surface area contributed by atoms with Crippen LogP contribution in [0.3, 0.4) is 0 Å². The Labute approximate surface area is 281 Å². The molecule has 0 aromatic heterocycles. The summed E-state index contributed by atoms with van der Waals surface area (Å²) < 4.78 is 15.6. The SMILES string of the molecule is O=C1O[C@H]([C@@H](O)CO)C(O)=C1O.O=C[C@@H](O)[C@@H](O)[C@H](O)[C@H](O)[C@@H](O)[C@@H](O)[C@H](OCc1ccccc1)[C@H](C=O)OCc1ccccc1.[Zn]. The van der Waals surface area contributed by atoms with Crippen LogP contribution in [0.2, 0.25) is 0 Å². The zero-order valence-corrected chi connectivity index (χ0v) is 27.9. The van der Waals surface area contributed by atoms with E-state index in [1.54, 1.807) is 60.7 Å². The molecule has 256 valence electrons. The molecule has 0 aliphatic carbocycles. The Bertz CT molecular complexity index is 1250. The molecule has 0 bridgehead atoms. The fraction of sp³-hybridized carbons (Fsp3) is 0.433. The normalized spacial score (nSPS) is 20.1. The maximum Gasteiger partial charge on any atom is 0.377 e. The van der Waals surface area contributed by atoms with E-state index in [9.17, 15) is 45.0 Å². The molecule has 2 aromatic carbocycles. The van der Waals surface area contributed by atoms with Crippen molar-refractivity contribution < 1.29 is 99.1 Å². The Morgan fingerprint density at radius 2 is 1.17 bits per heavy atom. The second kappa shape index (κ2) is 20.9. The number of ether oxygens (including phenoxy) is 3. The summed E-state index contributed by atoms with van der Waals surface area (Å²) in [6, 6.07) is 17.6. The number of carbonyl (C=O) groups is 3. The number of hydrogen-bond donors (Lipinski definition) is 10. The Morgan fingerprint density at radius 3 is 1.60 bits per heavy atom. The van der Waals surface area contributed by atoms with Gasteiger partial charge in [-0.25, -0.2) is 4.79 Å². The summed E-state index contributed by atoms with van der Waals surface area (Å²) in [4.78, 5) is 33.0. The first-order valence-corrected chi connectivity index (χ1v) is 13.8. The summed E-state index contributed by atoms with van der Waals surface area (Å²) in [6.45, 7) is -0.775. The van der Waals surface area contributed by atoms with E-state index in [2.05, 4.69) is 4.74 Å². The van der Waals surface area contributed by atoms with Crippen molar-refractivity contribution in [2.75, 3.05) is 6.61 Å². The Hall–Kier alpha value is -3.19. The van der Waals surface area contributed by atoms with E-state index in [0.29, 0.717) is 11.8 Å². The van der Waals surface area contributed by atoms with E-state index in [1.807, 2.05) is 0 Å². The molecule has 0 saturated heterocycles. The van der Waals surface area contributed by atoms with Crippen LogP contribution in [0.1, 0.15) is 11.1 Å². The van der Waals surface area contributed by atoms with E-state index >= 15 is 0 Å². The van der Waals surface area contributed by atoms with Gasteiger partial charge < -0.3 is 74.9 Å². The van der Waals surface area contributed by atoms with Gasteiger partial charge in [0.2, 0.25) is 5.76 Å². The molecular formula is C30H38O16Zn. The van der Waals surface area contributed by atoms with Crippen molar-refractivity contribution in [3.8, 4) is 0 Å². The van der Waals surface area contributed by atoms with Gasteiger partial charge in [-0.15, -0.1) is 0 Å². The summed E-state index contributed by atoms with van der Waals surface area (Å²) in [7, 11) is 0. The molecule has 0 fully saturated rings. The number of aldehydes is 2. The molecule has 0 unspecified atom stereocenters. The van der Waals surface area contributed by atoms with E-state index in [0.717, 1.165) is 5.56 Å². The van der Waals surface area contributed by atoms with Gasteiger partial charge in [-0.3, -0.25) is 0 Å². The molecule has 47 heavy (non-hydrogen) atoms. The first-order valence-electron chi connectivity index (χ1n) is 13.8. The van der Waals surface area contributed by atoms with Crippen molar-refractivity contribution in [1.29, 1.82) is 0 Å². The molecule has 1 aliphatic heterocycles. The van der Waals surface area contributed by atoms with E-state index in [4.69, 9.17) is 29.9 Å². The van der Waals surface area contributed by atoms with Crippen LogP contribution in [0.15, 0.2) is 72.2 Å². The van der Waals surface area contributed by atoms with Crippen molar-refractivity contribution in [2.45, 2.75) is 74.3 Å². The van der Waals surface area contributed by atoms with Gasteiger partial charge in [-0.2, -0.15) is 0 Å². The van der Waals surface area contributed by atoms with E-state index in [1.165, 1.54) is 0 Å². The molecule has 3 rings (SSSR count). The molecule has 1 heterocycles. The predicted octanol–water partition coefficient (Wildman–Crippen LogP) is -2.69. The minimum absolute atomic E-state index is 0. The second-order valence-electron chi connectivity index (χ2n) is 10.0. The van der Waals surface area contributed by atoms with Gasteiger partial charge in [0.15, 0.2) is 24.4 Å². The third kappa shape index (κ3) is 12.1. The topological polar surface area (TPSA) is 281 Å². The van der Waals surface area contributed by atoms with E-state index < -0.39 is 85.1 Å². The number of rotatable bonds is 17. The Kier molecular flexibility index (Phi) is 18.6. The summed E-state index contributed by atoms with van der Waals surface area (Å²) in [5.41, 5.74) is 1.42. The van der Waals surface area contributed by atoms with Gasteiger partial charge >= 0.3 is 5.97 Å². The molecule has 17 heteroatoms. The average Bonchev–Trinajstić information content (AvgIpc) is 3.35. The standard InChI is InChI=1S/C24H30O10.C6H8O6.Zn/c25-11-17(27)19(28)20(29)21(30)22(31)23(32)24(34-14-16-9-5-2-6-10-16)18(12-26)33-13-15-7-3-1-4-8-15;7-1-2(8)5-3(9)4(10)6(11)12-5;/h1-12,17-24,27-32H,13-14H2;2,5,7-10H,1H2;/t17-,18+,19-,20+,21+,22-,23-,24-;2-,5+;/m10./s1. The number of cyclic esters (lactones) is 1. The Balaban J connectivity index is 0.000000713. The van der Waals surface area contributed by atoms with Crippen molar-refractivity contribution >= 4 is 18.5 Å². The van der Waals surface area contributed by atoms with Crippen molar-refractivity contribution in [1.82, 2.24) is 0 Å². The fourth-order valence-corrected chi connectivity index (χ4v) is 4.04. The van der Waals surface area contributed by atoms with Gasteiger partial charge in [0.25, 0.3) is 0 Å². The molecule has 10 N–H and O–H groups in total. The number of aliphatic hydroxyl groups is 10. The van der Waals surface area contributed by atoms with Crippen LogP contribution >= 0.6 is 0 Å². The molecular weight excluding hydrogens is 682 g/mol. The number of hydrogen-bond acceptors (Lipinski definition) is 16. The summed E-state index contributed by atoms with van der Waals surface area (Å²) in [6.07, 6.45) is -18.0. The number of esters is 1. The zero-order valence-electron chi connectivity index (χ0n) is 25.0. The average molecular weight is 720 g/mol. The zero-order chi connectivity index (χ0) is 34.4. The smallest absolute Gasteiger partial charge is 0.377 e. The quantitative estimate of drug-likeness (QED) is 0.0453. The predicted molar refractivity (Wildman–Crippen MR) is 153 cm³/mol. The molecule has 2 aromatic rings. The third-order valence-corrected chi connectivity index (χ3v) is 6.73. The van der Waals surface area contributed by atoms with Crippen molar-refractivity contribution in [3.63, 3.8) is 0 Å². The molecule has 0 amide bonds. The first kappa shape index (κ1) is 41.8. The minimum Gasteiger partial charge on any atom is -0.505 e. The van der Waals surface area contributed by atoms with Gasteiger partial charge in [0.05, 0.1) is 19.8 Å². The number of aliphatic hydroxyl groups excluding tert-OH is 10. The fourth-order valence-electron chi connectivity index (χ4n) is 4.04. The van der Waals surface area contributed by atoms with Gasteiger partial charge in [-0.1, -0.05) is 60.7 Å². The van der Waals surface area contributed by atoms with Crippen LogP contribution in [-0.2, 0) is 61.3 Å². The third-order valence-electron chi connectivity index (χ3n) is 6.73. The summed E-state index contributed by atoms with van der Waals surface area (Å²) in [5.74, 6) is -2.78. The summed E-state index contributed by atoms with van der Waals surface area (Å²) in [5, 5.41) is 95.6. The summed E-state index contributed by atoms with van der Waals surface area (Å²) >= 11 is 0. The van der Waals surface area contributed by atoms with Crippen LogP contribution in [-0.4, -0.2) is 137 Å². The maximum absolute atomic E-state index is 11.8. The van der Waals surface area contributed by atoms with Crippen LogP contribution in [0, 0.1) is 0 Å². The van der Waals surface area contributed by atoms with Crippen LogP contribution < -0.4 is 0 Å². The van der Waals surface area contributed by atoms with Crippen LogP contribution in [0.5, 0.6) is 0 Å². The van der Waals surface area contributed by atoms with Gasteiger partial charge in [0.1, 0.15) is 54.9 Å². The number of benzene rings is 2. The van der Waals surface area contributed by atoms with Gasteiger partial charge in [-0.05, 0) is 11.1 Å². The van der Waals surface area contributed by atoms with Crippen LogP contribution in [0.4, 0.5) is 0 Å². The Morgan fingerprint density at radius 1 is 0.702 bits per heavy atom. The monoisotopic (exact) mass is 718 g/mol. The second-order valence-corrected chi connectivity index (χ2v) is 10.0. The molecule has 0 spiro atoms. The van der Waals surface area contributed by atoms with Crippen LogP contribution in [0.25, 0.3) is 0 Å². The maximum atomic E-state index is 11.8. The molecule has 16 nitrogen and oxygen atoms in total. The minimum atomic E-state index is -2.20. The van der Waals surface area contributed by atoms with Gasteiger partial charge in [0, 0.05) is 19.5 Å². The van der Waals surface area contributed by atoms with E-state index in [-0.39, 0.29) is 39.0 Å². The van der Waals surface area contributed by atoms with Crippen molar-refractivity contribution in [2.24, 2.45) is 0 Å². The molecule has 10 atom stereocenters. The largest absolute Gasteiger partial charge is 0.505 e. The first-order chi connectivity index (χ1) is 21.9. The molecule has 0 radical (unpaired) electrons.